The molecule has 0 saturated heterocycles. The Morgan fingerprint density at radius 3 is 2.28 bits per heavy atom. The molecule has 5 heteroatoms. The third kappa shape index (κ3) is 4.15. The lowest BCUT2D eigenvalue weighted by Gasteiger charge is -2.16. The van der Waals surface area contributed by atoms with Crippen molar-refractivity contribution in [3.63, 3.8) is 0 Å². The van der Waals surface area contributed by atoms with Gasteiger partial charge in [-0.15, -0.1) is 0 Å². The second kappa shape index (κ2) is 8.45. The summed E-state index contributed by atoms with van der Waals surface area (Å²) in [6, 6.07) is 26.3. The van der Waals surface area contributed by atoms with Crippen molar-refractivity contribution in [1.29, 1.82) is 0 Å². The van der Waals surface area contributed by atoms with Crippen LogP contribution < -0.4 is 5.56 Å². The minimum absolute atomic E-state index is 0.0178. The van der Waals surface area contributed by atoms with Crippen molar-refractivity contribution >= 4 is 28.4 Å². The number of carbonyl (C=O) groups is 1. The molecule has 1 aromatic heterocycles. The summed E-state index contributed by atoms with van der Waals surface area (Å²) in [5, 5.41) is 0.761. The number of hydrogen-bond donors (Lipinski definition) is 0. The Balaban J connectivity index is 1.75. The standard InChI is InChI=1S/C24H20N2O2S/c1-17(22(27)19-12-6-3-7-13-19)29-24-25-21-15-9-8-14-20(21)23(28)26(24)16-18-10-4-2-5-11-18/h2-15,17H,16H2,1H3. The quantitative estimate of drug-likeness (QED) is 0.265. The van der Waals surface area contributed by atoms with Gasteiger partial charge in [0.05, 0.1) is 22.7 Å². The second-order valence-corrected chi connectivity index (χ2v) is 8.09. The van der Waals surface area contributed by atoms with Gasteiger partial charge in [-0.2, -0.15) is 0 Å². The number of aromatic nitrogens is 2. The van der Waals surface area contributed by atoms with E-state index in [1.165, 1.54) is 11.8 Å². The van der Waals surface area contributed by atoms with E-state index in [2.05, 4.69) is 0 Å². The van der Waals surface area contributed by atoms with Crippen LogP contribution in [0.4, 0.5) is 0 Å². The van der Waals surface area contributed by atoms with E-state index in [1.807, 2.05) is 85.8 Å². The zero-order valence-electron chi connectivity index (χ0n) is 16.0. The lowest BCUT2D eigenvalue weighted by molar-refractivity contribution is 0.0994. The van der Waals surface area contributed by atoms with Crippen LogP contribution in [0.15, 0.2) is 94.9 Å². The Kier molecular flexibility index (Phi) is 5.58. The van der Waals surface area contributed by atoms with Crippen molar-refractivity contribution in [1.82, 2.24) is 9.55 Å². The molecule has 0 fully saturated rings. The number of nitrogens with zero attached hydrogens (tertiary/aromatic N) is 2. The maximum Gasteiger partial charge on any atom is 0.262 e. The predicted molar refractivity (Wildman–Crippen MR) is 118 cm³/mol. The number of benzene rings is 3. The molecule has 0 N–H and O–H groups in total. The third-order valence-electron chi connectivity index (χ3n) is 4.72. The van der Waals surface area contributed by atoms with Crippen molar-refractivity contribution in [2.24, 2.45) is 0 Å². The maximum absolute atomic E-state index is 13.2. The Hall–Kier alpha value is -3.18. The van der Waals surface area contributed by atoms with Gasteiger partial charge in [0.2, 0.25) is 0 Å². The van der Waals surface area contributed by atoms with Crippen LogP contribution in [-0.4, -0.2) is 20.6 Å². The molecule has 0 amide bonds. The summed E-state index contributed by atoms with van der Waals surface area (Å²) in [6.07, 6.45) is 0. The molecule has 144 valence electrons. The number of hydrogen-bond acceptors (Lipinski definition) is 4. The fourth-order valence-corrected chi connectivity index (χ4v) is 4.18. The monoisotopic (exact) mass is 400 g/mol. The van der Waals surface area contributed by atoms with Gasteiger partial charge >= 0.3 is 0 Å². The number of fused-ring (bicyclic) bond motifs is 1. The second-order valence-electron chi connectivity index (χ2n) is 6.78. The molecule has 4 rings (SSSR count). The fourth-order valence-electron chi connectivity index (χ4n) is 3.19. The van der Waals surface area contributed by atoms with Crippen LogP contribution in [0, 0.1) is 0 Å². The first-order valence-electron chi connectivity index (χ1n) is 9.43. The molecule has 0 spiro atoms. The van der Waals surface area contributed by atoms with Gasteiger partial charge < -0.3 is 0 Å². The zero-order chi connectivity index (χ0) is 20.2. The SMILES string of the molecule is CC(Sc1nc2ccccc2c(=O)n1Cc1ccccc1)C(=O)c1ccccc1. The summed E-state index contributed by atoms with van der Waals surface area (Å²) in [7, 11) is 0. The number of ketones is 1. The van der Waals surface area contributed by atoms with E-state index in [4.69, 9.17) is 4.98 Å². The molecule has 4 nitrogen and oxygen atoms in total. The number of rotatable bonds is 6. The Labute approximate surface area is 173 Å². The normalized spacial score (nSPS) is 12.0. The molecule has 0 radical (unpaired) electrons. The minimum Gasteiger partial charge on any atom is -0.293 e. The summed E-state index contributed by atoms with van der Waals surface area (Å²) in [5.74, 6) is 0.0178. The Morgan fingerprint density at radius 1 is 0.931 bits per heavy atom. The average molecular weight is 401 g/mol. The van der Waals surface area contributed by atoms with Crippen molar-refractivity contribution in [2.45, 2.75) is 23.9 Å². The molecule has 0 bridgehead atoms. The van der Waals surface area contributed by atoms with Crippen LogP contribution in [0.5, 0.6) is 0 Å². The highest BCUT2D eigenvalue weighted by molar-refractivity contribution is 8.00. The van der Waals surface area contributed by atoms with Crippen LogP contribution in [0.25, 0.3) is 10.9 Å². The number of thioether (sulfide) groups is 1. The van der Waals surface area contributed by atoms with E-state index in [0.29, 0.717) is 28.2 Å². The van der Waals surface area contributed by atoms with E-state index in [1.54, 1.807) is 10.6 Å². The van der Waals surface area contributed by atoms with Gasteiger partial charge in [-0.1, -0.05) is 84.6 Å². The van der Waals surface area contributed by atoms with Crippen molar-refractivity contribution in [3.8, 4) is 0 Å². The van der Waals surface area contributed by atoms with Gasteiger partial charge in [0.1, 0.15) is 0 Å². The van der Waals surface area contributed by atoms with Crippen molar-refractivity contribution in [3.05, 3.63) is 106 Å². The van der Waals surface area contributed by atoms with Gasteiger partial charge in [0.25, 0.3) is 5.56 Å². The largest absolute Gasteiger partial charge is 0.293 e. The minimum atomic E-state index is -0.368. The van der Waals surface area contributed by atoms with E-state index in [-0.39, 0.29) is 16.6 Å². The number of para-hydroxylation sites is 1. The lowest BCUT2D eigenvalue weighted by atomic mass is 10.1. The maximum atomic E-state index is 13.2. The number of carbonyl (C=O) groups excluding carboxylic acids is 1. The molecular weight excluding hydrogens is 380 g/mol. The molecule has 0 aliphatic heterocycles. The van der Waals surface area contributed by atoms with Gasteiger partial charge in [-0.25, -0.2) is 4.98 Å². The van der Waals surface area contributed by atoms with Crippen LogP contribution in [0.2, 0.25) is 0 Å². The molecule has 4 aromatic rings. The summed E-state index contributed by atoms with van der Waals surface area (Å²) in [5.41, 5.74) is 2.21. The highest BCUT2D eigenvalue weighted by Gasteiger charge is 2.20. The highest BCUT2D eigenvalue weighted by Crippen LogP contribution is 2.25. The zero-order valence-corrected chi connectivity index (χ0v) is 16.8. The molecular formula is C24H20N2O2S. The molecule has 29 heavy (non-hydrogen) atoms. The summed E-state index contributed by atoms with van der Waals surface area (Å²) >= 11 is 1.32. The number of Topliss-reactive ketones (excluding diaryl/α,β-unsaturated/α-hetero) is 1. The van der Waals surface area contributed by atoms with Gasteiger partial charge in [0.15, 0.2) is 10.9 Å². The molecule has 1 heterocycles. The first kappa shape index (κ1) is 19.2. The Bertz CT molecular complexity index is 1200. The Morgan fingerprint density at radius 2 is 1.55 bits per heavy atom. The first-order valence-corrected chi connectivity index (χ1v) is 10.3. The van der Waals surface area contributed by atoms with E-state index >= 15 is 0 Å². The molecule has 0 aliphatic carbocycles. The fraction of sp³-hybridized carbons (Fsp3) is 0.125. The average Bonchev–Trinajstić information content (AvgIpc) is 2.77. The third-order valence-corrected chi connectivity index (χ3v) is 5.81. The summed E-state index contributed by atoms with van der Waals surface area (Å²) in [4.78, 5) is 30.8. The predicted octanol–water partition coefficient (Wildman–Crippen LogP) is 4.81. The molecule has 0 aliphatic rings. The van der Waals surface area contributed by atoms with Crippen molar-refractivity contribution in [2.75, 3.05) is 0 Å². The van der Waals surface area contributed by atoms with E-state index < -0.39 is 0 Å². The van der Waals surface area contributed by atoms with Crippen LogP contribution in [-0.2, 0) is 6.54 Å². The van der Waals surface area contributed by atoms with Crippen LogP contribution >= 0.6 is 11.8 Å². The van der Waals surface area contributed by atoms with Crippen LogP contribution in [0.1, 0.15) is 22.8 Å². The van der Waals surface area contributed by atoms with E-state index in [9.17, 15) is 9.59 Å². The van der Waals surface area contributed by atoms with Gasteiger partial charge in [-0.05, 0) is 24.6 Å². The van der Waals surface area contributed by atoms with E-state index in [0.717, 1.165) is 5.56 Å². The smallest absolute Gasteiger partial charge is 0.262 e. The van der Waals surface area contributed by atoms with Gasteiger partial charge in [-0.3, -0.25) is 14.2 Å². The molecule has 1 atom stereocenters. The molecule has 1 unspecified atom stereocenters. The van der Waals surface area contributed by atoms with Gasteiger partial charge in [0, 0.05) is 5.56 Å². The summed E-state index contributed by atoms with van der Waals surface area (Å²) in [6.45, 7) is 2.26. The topological polar surface area (TPSA) is 52.0 Å². The summed E-state index contributed by atoms with van der Waals surface area (Å²) < 4.78 is 1.66. The molecule has 0 saturated carbocycles. The first-order chi connectivity index (χ1) is 14.1. The molecule has 3 aromatic carbocycles. The van der Waals surface area contributed by atoms with Crippen molar-refractivity contribution < 1.29 is 4.79 Å². The lowest BCUT2D eigenvalue weighted by Crippen LogP contribution is -2.25. The highest BCUT2D eigenvalue weighted by atomic mass is 32.2. The van der Waals surface area contributed by atoms with Crippen LogP contribution in [0.3, 0.4) is 0 Å².